The van der Waals surface area contributed by atoms with Crippen molar-refractivity contribution in [2.24, 2.45) is 0 Å². The summed E-state index contributed by atoms with van der Waals surface area (Å²) in [5.41, 5.74) is 0.277. The minimum absolute atomic E-state index is 0.0899. The summed E-state index contributed by atoms with van der Waals surface area (Å²) in [7, 11) is 1.60. The van der Waals surface area contributed by atoms with Crippen molar-refractivity contribution < 1.29 is 18.3 Å². The van der Waals surface area contributed by atoms with E-state index in [2.05, 4.69) is 10.3 Å². The second-order valence-corrected chi connectivity index (χ2v) is 6.51. The molecule has 1 aromatic carbocycles. The van der Waals surface area contributed by atoms with Gasteiger partial charge in [0.05, 0.1) is 5.69 Å². The number of benzene rings is 1. The number of carbonyl (C=O) groups excluding carboxylic acids is 1. The molecule has 134 valence electrons. The van der Waals surface area contributed by atoms with Crippen molar-refractivity contribution in [3.63, 3.8) is 0 Å². The average molecular weight is 349 g/mol. The van der Waals surface area contributed by atoms with Gasteiger partial charge in [0.2, 0.25) is 0 Å². The maximum absolute atomic E-state index is 13.9. The van der Waals surface area contributed by atoms with Gasteiger partial charge in [0.1, 0.15) is 11.4 Å². The zero-order valence-corrected chi connectivity index (χ0v) is 14.6. The fourth-order valence-electron chi connectivity index (χ4n) is 2.08. The summed E-state index contributed by atoms with van der Waals surface area (Å²) in [6.07, 6.45) is 1.04. The van der Waals surface area contributed by atoms with Crippen LogP contribution in [0.2, 0.25) is 0 Å². The van der Waals surface area contributed by atoms with Gasteiger partial charge in [-0.05, 0) is 44.5 Å². The van der Waals surface area contributed by atoms with Crippen molar-refractivity contribution in [1.82, 2.24) is 10.3 Å². The van der Waals surface area contributed by atoms with Gasteiger partial charge in [-0.25, -0.2) is 18.6 Å². The monoisotopic (exact) mass is 349 g/mol. The van der Waals surface area contributed by atoms with Gasteiger partial charge in [-0.1, -0.05) is 12.1 Å². The van der Waals surface area contributed by atoms with Crippen LogP contribution in [-0.2, 0) is 11.3 Å². The largest absolute Gasteiger partial charge is 0.444 e. The molecule has 1 amide bonds. The Morgan fingerprint density at radius 2 is 1.96 bits per heavy atom. The number of rotatable bonds is 4. The van der Waals surface area contributed by atoms with E-state index in [-0.39, 0.29) is 12.2 Å². The molecular weight excluding hydrogens is 328 g/mol. The fourth-order valence-corrected chi connectivity index (χ4v) is 2.08. The van der Waals surface area contributed by atoms with E-state index in [9.17, 15) is 13.6 Å². The summed E-state index contributed by atoms with van der Waals surface area (Å²) in [4.78, 5) is 17.3. The SMILES string of the molecule is CN(c1ccc(CNC(=O)OC(C)(C)C)cn1)c1cccc(F)c1F. The number of nitrogens with one attached hydrogen (secondary N) is 1. The predicted octanol–water partition coefficient (Wildman–Crippen LogP) is 4.15. The van der Waals surface area contributed by atoms with Crippen molar-refractivity contribution in [3.05, 3.63) is 53.7 Å². The molecule has 0 unspecified atom stereocenters. The van der Waals surface area contributed by atoms with Crippen LogP contribution in [0.1, 0.15) is 26.3 Å². The van der Waals surface area contributed by atoms with E-state index in [4.69, 9.17) is 4.74 Å². The Morgan fingerprint density at radius 1 is 1.24 bits per heavy atom. The molecule has 1 N–H and O–H groups in total. The summed E-state index contributed by atoms with van der Waals surface area (Å²) in [6, 6.07) is 7.37. The van der Waals surface area contributed by atoms with Crippen LogP contribution >= 0.6 is 0 Å². The Morgan fingerprint density at radius 3 is 2.56 bits per heavy atom. The molecule has 0 aliphatic heterocycles. The van der Waals surface area contributed by atoms with E-state index in [0.717, 1.165) is 11.6 Å². The Labute approximate surface area is 145 Å². The third-order valence-electron chi connectivity index (χ3n) is 3.28. The van der Waals surface area contributed by atoms with E-state index in [1.54, 1.807) is 46.1 Å². The van der Waals surface area contributed by atoms with Gasteiger partial charge in [-0.2, -0.15) is 0 Å². The molecule has 0 radical (unpaired) electrons. The second-order valence-electron chi connectivity index (χ2n) is 6.51. The number of halogens is 2. The van der Waals surface area contributed by atoms with Gasteiger partial charge in [-0.3, -0.25) is 0 Å². The molecule has 0 aliphatic carbocycles. The number of pyridine rings is 1. The van der Waals surface area contributed by atoms with Gasteiger partial charge >= 0.3 is 6.09 Å². The topological polar surface area (TPSA) is 54.5 Å². The predicted molar refractivity (Wildman–Crippen MR) is 91.7 cm³/mol. The molecule has 2 rings (SSSR count). The molecule has 1 heterocycles. The van der Waals surface area contributed by atoms with E-state index in [1.165, 1.54) is 17.0 Å². The van der Waals surface area contributed by atoms with Crippen LogP contribution in [0.4, 0.5) is 25.1 Å². The molecule has 0 spiro atoms. The first-order chi connectivity index (χ1) is 11.7. The van der Waals surface area contributed by atoms with Gasteiger partial charge in [0.15, 0.2) is 11.6 Å². The number of anilines is 2. The smallest absolute Gasteiger partial charge is 0.407 e. The molecule has 1 aromatic heterocycles. The minimum atomic E-state index is -0.928. The standard InChI is InChI=1S/C18H21F2N3O2/c1-18(2,3)25-17(24)22-11-12-8-9-15(21-10-12)23(4)14-7-5-6-13(19)16(14)20/h5-10H,11H2,1-4H3,(H,22,24). The lowest BCUT2D eigenvalue weighted by Gasteiger charge is -2.20. The van der Waals surface area contributed by atoms with Crippen LogP contribution in [0.15, 0.2) is 36.5 Å². The number of hydrogen-bond acceptors (Lipinski definition) is 4. The molecule has 0 saturated heterocycles. The number of amides is 1. The molecule has 0 saturated carbocycles. The van der Waals surface area contributed by atoms with Gasteiger partial charge in [0, 0.05) is 19.8 Å². The zero-order valence-electron chi connectivity index (χ0n) is 14.6. The van der Waals surface area contributed by atoms with Crippen molar-refractivity contribution in [3.8, 4) is 0 Å². The Hall–Kier alpha value is -2.70. The maximum atomic E-state index is 13.9. The maximum Gasteiger partial charge on any atom is 0.407 e. The third kappa shape index (κ3) is 5.14. The van der Waals surface area contributed by atoms with Crippen LogP contribution in [0.25, 0.3) is 0 Å². The lowest BCUT2D eigenvalue weighted by atomic mass is 10.2. The van der Waals surface area contributed by atoms with Crippen molar-refractivity contribution in [2.45, 2.75) is 32.9 Å². The quantitative estimate of drug-likeness (QED) is 0.901. The number of carbonyl (C=O) groups is 1. The van der Waals surface area contributed by atoms with E-state index < -0.39 is 23.3 Å². The highest BCUT2D eigenvalue weighted by Gasteiger charge is 2.16. The van der Waals surface area contributed by atoms with Crippen molar-refractivity contribution in [2.75, 3.05) is 11.9 Å². The zero-order chi connectivity index (χ0) is 18.6. The number of alkyl carbamates (subject to hydrolysis) is 1. The molecule has 0 fully saturated rings. The molecular formula is C18H21F2N3O2. The average Bonchev–Trinajstić information content (AvgIpc) is 2.54. The summed E-state index contributed by atoms with van der Waals surface area (Å²) in [5.74, 6) is -1.39. The Kier molecular flexibility index (Phi) is 5.56. The Bertz CT molecular complexity index is 743. The first kappa shape index (κ1) is 18.6. The number of nitrogens with zero attached hydrogens (tertiary/aromatic N) is 2. The van der Waals surface area contributed by atoms with Crippen molar-refractivity contribution in [1.29, 1.82) is 0 Å². The molecule has 2 aromatic rings. The molecule has 25 heavy (non-hydrogen) atoms. The van der Waals surface area contributed by atoms with Crippen LogP contribution in [0, 0.1) is 11.6 Å². The number of aromatic nitrogens is 1. The van der Waals surface area contributed by atoms with Gasteiger partial charge in [-0.15, -0.1) is 0 Å². The molecule has 0 bridgehead atoms. The first-order valence-electron chi connectivity index (χ1n) is 7.77. The lowest BCUT2D eigenvalue weighted by molar-refractivity contribution is 0.0523. The highest BCUT2D eigenvalue weighted by molar-refractivity contribution is 5.67. The van der Waals surface area contributed by atoms with Gasteiger partial charge in [0.25, 0.3) is 0 Å². The van der Waals surface area contributed by atoms with Crippen LogP contribution < -0.4 is 10.2 Å². The molecule has 0 aliphatic rings. The molecule has 0 atom stereocenters. The minimum Gasteiger partial charge on any atom is -0.444 e. The Balaban J connectivity index is 2.02. The molecule has 7 heteroatoms. The van der Waals surface area contributed by atoms with E-state index >= 15 is 0 Å². The van der Waals surface area contributed by atoms with Crippen LogP contribution in [-0.4, -0.2) is 23.7 Å². The highest BCUT2D eigenvalue weighted by Crippen LogP contribution is 2.26. The first-order valence-corrected chi connectivity index (χ1v) is 7.77. The number of ether oxygens (including phenoxy) is 1. The summed E-state index contributed by atoms with van der Waals surface area (Å²) in [5, 5.41) is 2.63. The summed E-state index contributed by atoms with van der Waals surface area (Å²) < 4.78 is 32.3. The fraction of sp³-hybridized carbons (Fsp3) is 0.333. The second kappa shape index (κ2) is 7.46. The summed E-state index contributed by atoms with van der Waals surface area (Å²) >= 11 is 0. The van der Waals surface area contributed by atoms with Crippen LogP contribution in [0.5, 0.6) is 0 Å². The van der Waals surface area contributed by atoms with E-state index in [0.29, 0.717) is 5.82 Å². The third-order valence-corrected chi connectivity index (χ3v) is 3.28. The molecule has 5 nitrogen and oxygen atoms in total. The van der Waals surface area contributed by atoms with Crippen LogP contribution in [0.3, 0.4) is 0 Å². The normalized spacial score (nSPS) is 11.1. The summed E-state index contributed by atoms with van der Waals surface area (Å²) in [6.45, 7) is 5.60. The van der Waals surface area contributed by atoms with Gasteiger partial charge < -0.3 is 15.0 Å². The number of hydrogen-bond donors (Lipinski definition) is 1. The van der Waals surface area contributed by atoms with Crippen molar-refractivity contribution >= 4 is 17.6 Å². The lowest BCUT2D eigenvalue weighted by Crippen LogP contribution is -2.32. The van der Waals surface area contributed by atoms with E-state index in [1.807, 2.05) is 0 Å². The highest BCUT2D eigenvalue weighted by atomic mass is 19.2.